The number of halogens is 3. The Hall–Kier alpha value is -1.04. The molecule has 0 atom stereocenters. The number of aryl methyl sites for hydroxylation is 1. The molecule has 0 saturated heterocycles. The molecule has 114 valence electrons. The zero-order valence-corrected chi connectivity index (χ0v) is 15.5. The number of carbonyl (C=O) groups excluding carboxylic acids is 1. The van der Waals surface area contributed by atoms with Gasteiger partial charge in [0.05, 0.1) is 0 Å². The molecule has 0 heterocycles. The lowest BCUT2D eigenvalue weighted by atomic mass is 10.1. The molecule has 2 aromatic rings. The average molecular weight is 446 g/mol. The molecule has 5 heteroatoms. The van der Waals surface area contributed by atoms with Crippen molar-refractivity contribution in [2.45, 2.75) is 13.3 Å². The highest BCUT2D eigenvalue weighted by atomic mass is 127. The molecule has 0 spiro atoms. The summed E-state index contributed by atoms with van der Waals surface area (Å²) in [6.45, 7) is 2.06. The van der Waals surface area contributed by atoms with Crippen LogP contribution in [0.25, 0.3) is 6.08 Å². The number of carbonyl (C=O) groups is 1. The van der Waals surface area contributed by atoms with Crippen LogP contribution in [-0.4, -0.2) is 5.91 Å². The maximum absolute atomic E-state index is 12.0. The van der Waals surface area contributed by atoms with Crippen LogP contribution >= 0.6 is 45.8 Å². The van der Waals surface area contributed by atoms with Crippen LogP contribution in [0.4, 0.5) is 5.69 Å². The minimum Gasteiger partial charge on any atom is -0.322 e. The minimum absolute atomic E-state index is 0.193. The highest BCUT2D eigenvalue weighted by Gasteiger charge is 2.05. The maximum Gasteiger partial charge on any atom is 0.248 e. The summed E-state index contributed by atoms with van der Waals surface area (Å²) < 4.78 is 1.15. The summed E-state index contributed by atoms with van der Waals surface area (Å²) in [6, 6.07) is 11.1. The van der Waals surface area contributed by atoms with Crippen molar-refractivity contribution in [3.63, 3.8) is 0 Å². The number of hydrogen-bond acceptors (Lipinski definition) is 1. The molecule has 0 aliphatic rings. The normalized spacial score (nSPS) is 10.9. The van der Waals surface area contributed by atoms with Crippen molar-refractivity contribution in [3.8, 4) is 0 Å². The number of nitrogens with one attached hydrogen (secondary N) is 1. The molecule has 0 saturated carbocycles. The molecule has 0 radical (unpaired) electrons. The highest BCUT2D eigenvalue weighted by molar-refractivity contribution is 14.1. The average Bonchev–Trinajstić information content (AvgIpc) is 2.48. The third-order valence-electron chi connectivity index (χ3n) is 3.08. The smallest absolute Gasteiger partial charge is 0.248 e. The van der Waals surface area contributed by atoms with Crippen molar-refractivity contribution in [1.29, 1.82) is 0 Å². The van der Waals surface area contributed by atoms with Gasteiger partial charge in [0.1, 0.15) is 0 Å². The first kappa shape index (κ1) is 17.3. The van der Waals surface area contributed by atoms with E-state index < -0.39 is 0 Å². The lowest BCUT2D eigenvalue weighted by Crippen LogP contribution is -2.09. The molecule has 0 fully saturated rings. The molecule has 0 aromatic heterocycles. The van der Waals surface area contributed by atoms with E-state index in [9.17, 15) is 4.79 Å². The summed E-state index contributed by atoms with van der Waals surface area (Å²) in [4.78, 5) is 12.0. The Morgan fingerprint density at radius 2 is 2.00 bits per heavy atom. The lowest BCUT2D eigenvalue weighted by molar-refractivity contribution is -0.111. The van der Waals surface area contributed by atoms with Crippen LogP contribution in [0, 0.1) is 3.57 Å². The number of benzene rings is 2. The predicted molar refractivity (Wildman–Crippen MR) is 103 cm³/mol. The van der Waals surface area contributed by atoms with Crippen LogP contribution in [0.1, 0.15) is 18.1 Å². The standard InChI is InChI=1S/C17H14Cl2INO/c1-2-11-9-14(20)6-7-16(11)21-17(22)8-4-12-3-5-13(18)10-15(12)19/h3-10H,2H2,1H3,(H,21,22)/b8-4+. The lowest BCUT2D eigenvalue weighted by Gasteiger charge is -2.08. The van der Waals surface area contributed by atoms with Gasteiger partial charge >= 0.3 is 0 Å². The SMILES string of the molecule is CCc1cc(I)ccc1NC(=O)/C=C/c1ccc(Cl)cc1Cl. The van der Waals surface area contributed by atoms with Crippen LogP contribution in [0.15, 0.2) is 42.5 Å². The van der Waals surface area contributed by atoms with Crippen LogP contribution in [-0.2, 0) is 11.2 Å². The second-order valence-electron chi connectivity index (χ2n) is 4.64. The first-order chi connectivity index (χ1) is 10.5. The summed E-state index contributed by atoms with van der Waals surface area (Å²) >= 11 is 14.2. The monoisotopic (exact) mass is 445 g/mol. The van der Waals surface area contributed by atoms with Gasteiger partial charge < -0.3 is 5.32 Å². The Balaban J connectivity index is 2.11. The van der Waals surface area contributed by atoms with Gasteiger partial charge in [-0.05, 0) is 76.5 Å². The highest BCUT2D eigenvalue weighted by Crippen LogP contribution is 2.22. The van der Waals surface area contributed by atoms with Crippen LogP contribution in [0.3, 0.4) is 0 Å². The Bertz CT molecular complexity index is 729. The van der Waals surface area contributed by atoms with Gasteiger partial charge in [0.25, 0.3) is 0 Å². The molecule has 2 nitrogen and oxygen atoms in total. The van der Waals surface area contributed by atoms with E-state index in [0.717, 1.165) is 26.8 Å². The van der Waals surface area contributed by atoms with Gasteiger partial charge in [-0.3, -0.25) is 4.79 Å². The molecule has 0 unspecified atom stereocenters. The Morgan fingerprint density at radius 3 is 2.68 bits per heavy atom. The van der Waals surface area contributed by atoms with E-state index in [0.29, 0.717) is 10.0 Å². The predicted octanol–water partition coefficient (Wildman–Crippen LogP) is 5.81. The quantitative estimate of drug-likeness (QED) is 0.466. The van der Waals surface area contributed by atoms with Crippen LogP contribution in [0.5, 0.6) is 0 Å². The Labute approximate surface area is 153 Å². The van der Waals surface area contributed by atoms with Gasteiger partial charge in [-0.15, -0.1) is 0 Å². The van der Waals surface area contributed by atoms with Gasteiger partial charge in [-0.25, -0.2) is 0 Å². The zero-order valence-electron chi connectivity index (χ0n) is 11.9. The maximum atomic E-state index is 12.0. The number of amides is 1. The van der Waals surface area contributed by atoms with Crippen molar-refractivity contribution in [2.75, 3.05) is 5.32 Å². The summed E-state index contributed by atoms with van der Waals surface area (Å²) in [5.41, 5.74) is 2.69. The largest absolute Gasteiger partial charge is 0.322 e. The molecule has 1 N–H and O–H groups in total. The third kappa shape index (κ3) is 4.73. The van der Waals surface area contributed by atoms with Gasteiger partial charge in [-0.2, -0.15) is 0 Å². The second-order valence-corrected chi connectivity index (χ2v) is 6.73. The zero-order chi connectivity index (χ0) is 16.1. The minimum atomic E-state index is -0.193. The van der Waals surface area contributed by atoms with Gasteiger partial charge in [0, 0.05) is 25.4 Å². The fourth-order valence-corrected chi connectivity index (χ4v) is 2.98. The first-order valence-corrected chi connectivity index (χ1v) is 8.55. The van der Waals surface area contributed by atoms with Gasteiger partial charge in [-0.1, -0.05) is 36.2 Å². The molecule has 2 rings (SSSR count). The topological polar surface area (TPSA) is 29.1 Å². The van der Waals surface area contributed by atoms with Crippen LogP contribution < -0.4 is 5.32 Å². The molecule has 0 aliphatic heterocycles. The molecule has 22 heavy (non-hydrogen) atoms. The summed E-state index contributed by atoms with van der Waals surface area (Å²) in [5.74, 6) is -0.193. The Morgan fingerprint density at radius 1 is 1.23 bits per heavy atom. The summed E-state index contributed by atoms with van der Waals surface area (Å²) in [7, 11) is 0. The number of anilines is 1. The fraction of sp³-hybridized carbons (Fsp3) is 0.118. The second kappa shape index (κ2) is 7.99. The molecule has 1 amide bonds. The van der Waals surface area contributed by atoms with Crippen molar-refractivity contribution >= 4 is 63.5 Å². The molecular weight excluding hydrogens is 432 g/mol. The van der Waals surface area contributed by atoms with Crippen molar-refractivity contribution in [2.24, 2.45) is 0 Å². The summed E-state index contributed by atoms with van der Waals surface area (Å²) in [5, 5.41) is 3.97. The van der Waals surface area contributed by atoms with Crippen molar-refractivity contribution < 1.29 is 4.79 Å². The first-order valence-electron chi connectivity index (χ1n) is 6.72. The van der Waals surface area contributed by atoms with E-state index in [1.54, 1.807) is 24.3 Å². The van der Waals surface area contributed by atoms with Crippen molar-refractivity contribution in [3.05, 3.63) is 67.2 Å². The van der Waals surface area contributed by atoms with Gasteiger partial charge in [0.2, 0.25) is 5.91 Å². The van der Waals surface area contributed by atoms with Crippen molar-refractivity contribution in [1.82, 2.24) is 0 Å². The third-order valence-corrected chi connectivity index (χ3v) is 4.32. The van der Waals surface area contributed by atoms with E-state index >= 15 is 0 Å². The molecule has 0 bridgehead atoms. The molecular formula is C17H14Cl2INO. The van der Waals surface area contributed by atoms with E-state index in [1.807, 2.05) is 12.1 Å². The van der Waals surface area contributed by atoms with E-state index in [4.69, 9.17) is 23.2 Å². The van der Waals surface area contributed by atoms with Gasteiger partial charge in [0.15, 0.2) is 0 Å². The number of hydrogen-bond donors (Lipinski definition) is 1. The van der Waals surface area contributed by atoms with E-state index in [1.165, 1.54) is 6.08 Å². The van der Waals surface area contributed by atoms with Crippen LogP contribution in [0.2, 0.25) is 10.0 Å². The molecule has 0 aliphatic carbocycles. The van der Waals surface area contributed by atoms with E-state index in [-0.39, 0.29) is 5.91 Å². The van der Waals surface area contributed by atoms with E-state index in [2.05, 4.69) is 40.9 Å². The molecule has 2 aromatic carbocycles. The fourth-order valence-electron chi connectivity index (χ4n) is 1.95. The Kier molecular flexibility index (Phi) is 6.29. The number of rotatable bonds is 4. The summed E-state index contributed by atoms with van der Waals surface area (Å²) in [6.07, 6.45) is 4.00.